The van der Waals surface area contributed by atoms with Gasteiger partial charge in [0, 0.05) is 18.4 Å². The fourth-order valence-electron chi connectivity index (χ4n) is 4.95. The number of unbranched alkanes of at least 4 members (excludes halogenated alkanes) is 8. The van der Waals surface area contributed by atoms with Gasteiger partial charge in [-0.3, -0.25) is 4.79 Å². The van der Waals surface area contributed by atoms with Crippen molar-refractivity contribution in [1.82, 2.24) is 0 Å². The van der Waals surface area contributed by atoms with Crippen LogP contribution in [0.4, 0.5) is 0 Å². The van der Waals surface area contributed by atoms with Crippen molar-refractivity contribution in [2.24, 2.45) is 0 Å². The highest BCUT2D eigenvalue weighted by Gasteiger charge is 2.17. The largest absolute Gasteiger partial charge is 0.490 e. The van der Waals surface area contributed by atoms with Gasteiger partial charge in [0.2, 0.25) is 0 Å². The standard InChI is InChI=1S/C34H54NO3/c1-5-6-7-8-9-10-11-12-16-22-32-23-17-18-24-33(32)38-30(2)26-28-37-34(36)25-19-27-35(3,4)29-31-20-14-13-15-21-31/h13-15,17-18,20-21,23-24,30H,5-12,16,19,22,25-29H2,1-4H3/q+1. The first-order valence-electron chi connectivity index (χ1n) is 15.2. The summed E-state index contributed by atoms with van der Waals surface area (Å²) < 4.78 is 12.6. The molecule has 4 nitrogen and oxygen atoms in total. The van der Waals surface area contributed by atoms with Crippen LogP contribution in [0.1, 0.15) is 102 Å². The van der Waals surface area contributed by atoms with Crippen molar-refractivity contribution in [2.75, 3.05) is 27.2 Å². The topological polar surface area (TPSA) is 35.5 Å². The lowest BCUT2D eigenvalue weighted by Crippen LogP contribution is -2.39. The third kappa shape index (κ3) is 14.6. The third-order valence-corrected chi connectivity index (χ3v) is 7.24. The Balaban J connectivity index is 1.59. The molecule has 0 amide bonds. The Bertz CT molecular complexity index is 880. The van der Waals surface area contributed by atoms with Gasteiger partial charge in [-0.15, -0.1) is 0 Å². The number of aryl methyl sites for hydroxylation is 1. The van der Waals surface area contributed by atoms with E-state index in [4.69, 9.17) is 9.47 Å². The van der Waals surface area contributed by atoms with Crippen LogP contribution in [0.15, 0.2) is 54.6 Å². The summed E-state index contributed by atoms with van der Waals surface area (Å²) >= 11 is 0. The van der Waals surface area contributed by atoms with Gasteiger partial charge in [-0.25, -0.2) is 0 Å². The maximum Gasteiger partial charge on any atom is 0.306 e. The number of nitrogens with zero attached hydrogens (tertiary/aromatic N) is 1. The number of quaternary nitrogens is 1. The minimum Gasteiger partial charge on any atom is -0.490 e. The van der Waals surface area contributed by atoms with Crippen molar-refractivity contribution in [2.45, 2.75) is 110 Å². The molecule has 0 aromatic heterocycles. The van der Waals surface area contributed by atoms with Gasteiger partial charge in [0.05, 0.1) is 39.8 Å². The molecule has 212 valence electrons. The summed E-state index contributed by atoms with van der Waals surface area (Å²) in [6.45, 7) is 6.65. The molecule has 0 aliphatic carbocycles. The molecule has 0 saturated heterocycles. The van der Waals surface area contributed by atoms with Crippen molar-refractivity contribution in [3.8, 4) is 5.75 Å². The van der Waals surface area contributed by atoms with Crippen LogP contribution in [0.2, 0.25) is 0 Å². The zero-order valence-corrected chi connectivity index (χ0v) is 24.8. The lowest BCUT2D eigenvalue weighted by atomic mass is 10.0. The minimum absolute atomic E-state index is 0.00791. The van der Waals surface area contributed by atoms with Gasteiger partial charge in [-0.2, -0.15) is 0 Å². The molecule has 0 fully saturated rings. The highest BCUT2D eigenvalue weighted by Crippen LogP contribution is 2.23. The Hall–Kier alpha value is -2.33. The first kappa shape index (κ1) is 31.9. The molecule has 0 aliphatic heterocycles. The SMILES string of the molecule is CCCCCCCCCCCc1ccccc1OC(C)CCOC(=O)CCC[N+](C)(C)Cc1ccccc1. The second-order valence-electron chi connectivity index (χ2n) is 11.5. The number of ether oxygens (including phenoxy) is 2. The molecule has 0 heterocycles. The van der Waals surface area contributed by atoms with Crippen LogP contribution in [0.3, 0.4) is 0 Å². The lowest BCUT2D eigenvalue weighted by Gasteiger charge is -2.29. The first-order valence-corrected chi connectivity index (χ1v) is 15.2. The molecule has 2 aromatic rings. The fraction of sp³-hybridized carbons (Fsp3) is 0.618. The van der Waals surface area contributed by atoms with Gasteiger partial charge in [-0.1, -0.05) is 107 Å². The Kier molecular flexibility index (Phi) is 15.8. The van der Waals surface area contributed by atoms with E-state index in [1.807, 2.05) is 12.1 Å². The number of rotatable bonds is 21. The normalized spacial score (nSPS) is 12.3. The summed E-state index contributed by atoms with van der Waals surface area (Å²) in [5, 5.41) is 0. The average Bonchev–Trinajstić information content (AvgIpc) is 2.89. The molecule has 0 bridgehead atoms. The van der Waals surface area contributed by atoms with Crippen LogP contribution in [0.5, 0.6) is 5.75 Å². The quantitative estimate of drug-likeness (QED) is 0.0932. The Morgan fingerprint density at radius 1 is 0.816 bits per heavy atom. The molecule has 0 aliphatic rings. The van der Waals surface area contributed by atoms with Crippen LogP contribution in [0, 0.1) is 0 Å². The molecule has 4 heteroatoms. The molecule has 38 heavy (non-hydrogen) atoms. The summed E-state index contributed by atoms with van der Waals surface area (Å²) in [4.78, 5) is 12.3. The van der Waals surface area contributed by atoms with E-state index in [2.05, 4.69) is 70.4 Å². The average molecular weight is 525 g/mol. The number of hydrogen-bond donors (Lipinski definition) is 0. The van der Waals surface area contributed by atoms with Crippen LogP contribution in [-0.2, 0) is 22.5 Å². The van der Waals surface area contributed by atoms with Crippen molar-refractivity contribution >= 4 is 5.97 Å². The zero-order chi connectivity index (χ0) is 27.5. The summed E-state index contributed by atoms with van der Waals surface area (Å²) in [6, 6.07) is 18.9. The van der Waals surface area contributed by atoms with Gasteiger partial charge >= 0.3 is 5.97 Å². The van der Waals surface area contributed by atoms with Crippen LogP contribution in [0.25, 0.3) is 0 Å². The van der Waals surface area contributed by atoms with Gasteiger partial charge < -0.3 is 14.0 Å². The van der Waals surface area contributed by atoms with Crippen molar-refractivity contribution in [3.63, 3.8) is 0 Å². The monoisotopic (exact) mass is 524 g/mol. The number of hydrogen-bond acceptors (Lipinski definition) is 3. The van der Waals surface area contributed by atoms with E-state index in [1.54, 1.807) is 0 Å². The second-order valence-corrected chi connectivity index (χ2v) is 11.5. The highest BCUT2D eigenvalue weighted by atomic mass is 16.5. The summed E-state index contributed by atoms with van der Waals surface area (Å²) in [5.41, 5.74) is 2.61. The predicted molar refractivity (Wildman–Crippen MR) is 159 cm³/mol. The van der Waals surface area contributed by atoms with E-state index < -0.39 is 0 Å². The van der Waals surface area contributed by atoms with E-state index in [0.717, 1.165) is 36.2 Å². The van der Waals surface area contributed by atoms with Crippen LogP contribution in [-0.4, -0.2) is 43.8 Å². The Morgan fingerprint density at radius 3 is 2.16 bits per heavy atom. The van der Waals surface area contributed by atoms with Crippen molar-refractivity contribution in [3.05, 3.63) is 65.7 Å². The van der Waals surface area contributed by atoms with Gasteiger partial charge in [-0.05, 0) is 31.4 Å². The number of esters is 1. The number of carbonyl (C=O) groups is 1. The van der Waals surface area contributed by atoms with E-state index in [0.29, 0.717) is 19.4 Å². The molecule has 0 radical (unpaired) electrons. The predicted octanol–water partition coefficient (Wildman–Crippen LogP) is 8.52. The summed E-state index contributed by atoms with van der Waals surface area (Å²) in [5.74, 6) is 0.868. The van der Waals surface area contributed by atoms with E-state index in [1.165, 1.54) is 68.9 Å². The zero-order valence-electron chi connectivity index (χ0n) is 24.8. The van der Waals surface area contributed by atoms with E-state index in [-0.39, 0.29) is 12.1 Å². The number of benzene rings is 2. The van der Waals surface area contributed by atoms with E-state index >= 15 is 0 Å². The van der Waals surface area contributed by atoms with Crippen molar-refractivity contribution in [1.29, 1.82) is 0 Å². The smallest absolute Gasteiger partial charge is 0.306 e. The number of carbonyl (C=O) groups excluding carboxylic acids is 1. The molecule has 0 saturated carbocycles. The number of para-hydroxylation sites is 1. The molecule has 1 unspecified atom stereocenters. The molecule has 0 spiro atoms. The van der Waals surface area contributed by atoms with Crippen LogP contribution >= 0.6 is 0 Å². The van der Waals surface area contributed by atoms with Crippen LogP contribution < -0.4 is 4.74 Å². The highest BCUT2D eigenvalue weighted by molar-refractivity contribution is 5.69. The summed E-state index contributed by atoms with van der Waals surface area (Å²) in [7, 11) is 4.43. The second kappa shape index (κ2) is 18.8. The molecular formula is C34H54NO3+. The molecule has 1 atom stereocenters. The molecule has 2 aromatic carbocycles. The summed E-state index contributed by atoms with van der Waals surface area (Å²) in [6.07, 6.45) is 15.1. The first-order chi connectivity index (χ1) is 18.4. The van der Waals surface area contributed by atoms with Gasteiger partial charge in [0.15, 0.2) is 0 Å². The molecular weight excluding hydrogens is 470 g/mol. The maximum atomic E-state index is 12.3. The molecule has 2 rings (SSSR count). The third-order valence-electron chi connectivity index (χ3n) is 7.24. The van der Waals surface area contributed by atoms with Gasteiger partial charge in [0.25, 0.3) is 0 Å². The fourth-order valence-corrected chi connectivity index (χ4v) is 4.95. The lowest BCUT2D eigenvalue weighted by molar-refractivity contribution is -0.903. The maximum absolute atomic E-state index is 12.3. The Morgan fingerprint density at radius 2 is 1.45 bits per heavy atom. The van der Waals surface area contributed by atoms with Crippen molar-refractivity contribution < 1.29 is 18.8 Å². The van der Waals surface area contributed by atoms with E-state index in [9.17, 15) is 4.79 Å². The van der Waals surface area contributed by atoms with Gasteiger partial charge in [0.1, 0.15) is 12.3 Å². The Labute approximate surface area is 233 Å². The minimum atomic E-state index is -0.109. The molecule has 0 N–H and O–H groups in total.